The van der Waals surface area contributed by atoms with Crippen LogP contribution in [-0.2, 0) is 6.42 Å². The van der Waals surface area contributed by atoms with Crippen molar-refractivity contribution in [1.29, 1.82) is 0 Å². The molecule has 0 bridgehead atoms. The molecule has 14 heavy (non-hydrogen) atoms. The number of aliphatic hydroxyl groups excluding tert-OH is 2. The largest absolute Gasteiger partial charge is 0.390 e. The Bertz CT molecular complexity index is 285. The average molecular weight is 215 g/mol. The summed E-state index contributed by atoms with van der Waals surface area (Å²) in [5, 5.41) is 22.2. The Morgan fingerprint density at radius 2 is 2.07 bits per heavy atom. The molecule has 0 saturated carbocycles. The second kappa shape index (κ2) is 4.87. The van der Waals surface area contributed by atoms with Gasteiger partial charge in [0.05, 0.1) is 22.9 Å². The Balaban J connectivity index is 2.52. The molecule has 0 saturated heterocycles. The summed E-state index contributed by atoms with van der Waals surface area (Å²) in [5.41, 5.74) is 0.861. The van der Waals surface area contributed by atoms with Gasteiger partial charge in [-0.1, -0.05) is 13.8 Å². The van der Waals surface area contributed by atoms with E-state index in [1.54, 1.807) is 11.3 Å². The van der Waals surface area contributed by atoms with E-state index in [0.29, 0.717) is 6.42 Å². The predicted octanol–water partition coefficient (Wildman–Crippen LogP) is 1.37. The highest BCUT2D eigenvalue weighted by atomic mass is 32.1. The smallest absolute Gasteiger partial charge is 0.0897 e. The van der Waals surface area contributed by atoms with E-state index in [1.807, 2.05) is 26.2 Å². The van der Waals surface area contributed by atoms with Gasteiger partial charge in [0.25, 0.3) is 0 Å². The van der Waals surface area contributed by atoms with Crippen molar-refractivity contribution in [2.45, 2.75) is 39.4 Å². The second-order valence-electron chi connectivity index (χ2n) is 3.86. The van der Waals surface area contributed by atoms with Gasteiger partial charge in [-0.3, -0.25) is 0 Å². The second-order valence-corrected chi connectivity index (χ2v) is 4.93. The van der Waals surface area contributed by atoms with E-state index in [-0.39, 0.29) is 5.92 Å². The van der Waals surface area contributed by atoms with Gasteiger partial charge >= 0.3 is 0 Å². The maximum absolute atomic E-state index is 9.67. The summed E-state index contributed by atoms with van der Waals surface area (Å²) in [6.45, 7) is 5.71. The van der Waals surface area contributed by atoms with Gasteiger partial charge in [-0.2, -0.15) is 0 Å². The van der Waals surface area contributed by atoms with Crippen LogP contribution in [0.25, 0.3) is 0 Å². The average Bonchev–Trinajstić information content (AvgIpc) is 2.49. The van der Waals surface area contributed by atoms with E-state index in [0.717, 1.165) is 10.7 Å². The van der Waals surface area contributed by atoms with E-state index in [2.05, 4.69) is 4.98 Å². The van der Waals surface area contributed by atoms with E-state index < -0.39 is 12.2 Å². The van der Waals surface area contributed by atoms with Gasteiger partial charge in [-0.05, 0) is 12.8 Å². The van der Waals surface area contributed by atoms with E-state index >= 15 is 0 Å². The molecule has 4 heteroatoms. The molecule has 1 aromatic heterocycles. The van der Waals surface area contributed by atoms with Gasteiger partial charge in [0, 0.05) is 11.8 Å². The molecular formula is C10H17NO2S. The van der Waals surface area contributed by atoms with Crippen molar-refractivity contribution in [2.75, 3.05) is 0 Å². The van der Waals surface area contributed by atoms with Crippen LogP contribution in [0.15, 0.2) is 5.38 Å². The first kappa shape index (κ1) is 11.6. The molecule has 80 valence electrons. The molecule has 0 amide bonds. The fourth-order valence-corrected chi connectivity index (χ4v) is 1.91. The lowest BCUT2D eigenvalue weighted by Crippen LogP contribution is -2.32. The summed E-state index contributed by atoms with van der Waals surface area (Å²) in [7, 11) is 0. The van der Waals surface area contributed by atoms with Crippen molar-refractivity contribution in [2.24, 2.45) is 5.92 Å². The summed E-state index contributed by atoms with van der Waals surface area (Å²) in [5.74, 6) is 0.0738. The quantitative estimate of drug-likeness (QED) is 0.797. The number of aliphatic hydroxyl groups is 2. The SMILES string of the molecule is Cc1nc(CC(O)C(O)C(C)C)cs1. The van der Waals surface area contributed by atoms with Crippen LogP contribution in [-0.4, -0.2) is 27.4 Å². The minimum atomic E-state index is -0.712. The monoisotopic (exact) mass is 215 g/mol. The van der Waals surface area contributed by atoms with Crippen molar-refractivity contribution in [3.05, 3.63) is 16.1 Å². The zero-order valence-corrected chi connectivity index (χ0v) is 9.58. The third-order valence-electron chi connectivity index (χ3n) is 2.16. The van der Waals surface area contributed by atoms with Gasteiger partial charge in [0.2, 0.25) is 0 Å². The summed E-state index contributed by atoms with van der Waals surface area (Å²) >= 11 is 1.56. The van der Waals surface area contributed by atoms with Crippen LogP contribution < -0.4 is 0 Å². The molecule has 0 aromatic carbocycles. The fourth-order valence-electron chi connectivity index (χ4n) is 1.28. The molecule has 1 heterocycles. The van der Waals surface area contributed by atoms with Gasteiger partial charge in [0.1, 0.15) is 0 Å². The van der Waals surface area contributed by atoms with E-state index in [4.69, 9.17) is 0 Å². The number of aromatic nitrogens is 1. The minimum absolute atomic E-state index is 0.0738. The number of rotatable bonds is 4. The van der Waals surface area contributed by atoms with Crippen LogP contribution in [0, 0.1) is 12.8 Å². The Kier molecular flexibility index (Phi) is 4.04. The fraction of sp³-hybridized carbons (Fsp3) is 0.700. The topological polar surface area (TPSA) is 53.4 Å². The molecule has 3 nitrogen and oxygen atoms in total. The third kappa shape index (κ3) is 3.04. The lowest BCUT2D eigenvalue weighted by Gasteiger charge is -2.20. The van der Waals surface area contributed by atoms with Crippen molar-refractivity contribution in [1.82, 2.24) is 4.98 Å². The lowest BCUT2D eigenvalue weighted by atomic mass is 9.99. The zero-order chi connectivity index (χ0) is 10.7. The zero-order valence-electron chi connectivity index (χ0n) is 8.77. The predicted molar refractivity (Wildman–Crippen MR) is 57.4 cm³/mol. The maximum Gasteiger partial charge on any atom is 0.0897 e. The van der Waals surface area contributed by atoms with Gasteiger partial charge < -0.3 is 10.2 Å². The first-order valence-electron chi connectivity index (χ1n) is 4.78. The van der Waals surface area contributed by atoms with Crippen molar-refractivity contribution in [3.63, 3.8) is 0 Å². The van der Waals surface area contributed by atoms with E-state index in [1.165, 1.54) is 0 Å². The lowest BCUT2D eigenvalue weighted by molar-refractivity contribution is -0.00772. The molecule has 1 aromatic rings. The summed E-state index contributed by atoms with van der Waals surface area (Å²) < 4.78 is 0. The molecule has 2 unspecified atom stereocenters. The molecule has 0 fully saturated rings. The summed E-state index contributed by atoms with van der Waals surface area (Å²) in [6, 6.07) is 0. The molecule has 0 aliphatic carbocycles. The summed E-state index contributed by atoms with van der Waals surface area (Å²) in [6.07, 6.45) is -0.947. The highest BCUT2D eigenvalue weighted by Crippen LogP contribution is 2.14. The Morgan fingerprint density at radius 3 is 2.50 bits per heavy atom. The molecule has 2 atom stereocenters. The van der Waals surface area contributed by atoms with Gasteiger partial charge in [0.15, 0.2) is 0 Å². The highest BCUT2D eigenvalue weighted by Gasteiger charge is 2.20. The minimum Gasteiger partial charge on any atom is -0.390 e. The molecule has 2 N–H and O–H groups in total. The molecule has 0 spiro atoms. The van der Waals surface area contributed by atoms with Crippen LogP contribution >= 0.6 is 11.3 Å². The molecule has 0 radical (unpaired) electrons. The summed E-state index contributed by atoms with van der Waals surface area (Å²) in [4.78, 5) is 4.24. The molecule has 1 rings (SSSR count). The third-order valence-corrected chi connectivity index (χ3v) is 2.98. The van der Waals surface area contributed by atoms with Crippen LogP contribution in [0.4, 0.5) is 0 Å². The van der Waals surface area contributed by atoms with Crippen LogP contribution in [0.2, 0.25) is 0 Å². The van der Waals surface area contributed by atoms with Gasteiger partial charge in [-0.25, -0.2) is 4.98 Å². The number of nitrogens with zero attached hydrogens (tertiary/aromatic N) is 1. The first-order chi connectivity index (χ1) is 6.50. The Labute approximate surface area is 88.4 Å². The van der Waals surface area contributed by atoms with Crippen LogP contribution in [0.1, 0.15) is 24.5 Å². The normalized spacial score (nSPS) is 15.9. The van der Waals surface area contributed by atoms with Crippen molar-refractivity contribution in [3.8, 4) is 0 Å². The Hall–Kier alpha value is -0.450. The molecule has 0 aliphatic rings. The molecule has 0 aliphatic heterocycles. The standard InChI is InChI=1S/C10H17NO2S/c1-6(2)10(13)9(12)4-8-5-14-7(3)11-8/h5-6,9-10,12-13H,4H2,1-3H3. The number of hydrogen-bond donors (Lipinski definition) is 2. The van der Waals surface area contributed by atoms with Crippen LogP contribution in [0.3, 0.4) is 0 Å². The first-order valence-corrected chi connectivity index (χ1v) is 5.65. The van der Waals surface area contributed by atoms with E-state index in [9.17, 15) is 10.2 Å². The van der Waals surface area contributed by atoms with Crippen molar-refractivity contribution >= 4 is 11.3 Å². The van der Waals surface area contributed by atoms with Crippen LogP contribution in [0.5, 0.6) is 0 Å². The number of hydrogen-bond acceptors (Lipinski definition) is 4. The van der Waals surface area contributed by atoms with Gasteiger partial charge in [-0.15, -0.1) is 11.3 Å². The number of aryl methyl sites for hydroxylation is 1. The Morgan fingerprint density at radius 1 is 1.43 bits per heavy atom. The molecular weight excluding hydrogens is 198 g/mol. The maximum atomic E-state index is 9.67. The highest BCUT2D eigenvalue weighted by molar-refractivity contribution is 7.09. The van der Waals surface area contributed by atoms with Crippen molar-refractivity contribution < 1.29 is 10.2 Å². The number of thiazole rings is 1.